The number of morpholine rings is 1. The quantitative estimate of drug-likeness (QED) is 0.821. The van der Waals surface area contributed by atoms with Gasteiger partial charge in [-0.1, -0.05) is 6.07 Å². The summed E-state index contributed by atoms with van der Waals surface area (Å²) in [7, 11) is 0. The number of amides is 1. The molecule has 0 aliphatic carbocycles. The number of ether oxygens (including phenoxy) is 1. The molecule has 6 nitrogen and oxygen atoms in total. The fourth-order valence-corrected chi connectivity index (χ4v) is 1.98. The Morgan fingerprint density at radius 2 is 2.28 bits per heavy atom. The Hall–Kier alpha value is -2.08. The zero-order chi connectivity index (χ0) is 13.1. The number of carboxylic acid groups (broad SMARTS) is 1. The number of aromatic hydroxyl groups is 1. The van der Waals surface area contributed by atoms with Gasteiger partial charge in [0.1, 0.15) is 12.4 Å². The molecule has 96 valence electrons. The first kappa shape index (κ1) is 12.4. The number of aliphatic carboxylic acids is 1. The number of anilines is 1. The zero-order valence-electron chi connectivity index (χ0n) is 9.57. The molecule has 1 fully saturated rings. The summed E-state index contributed by atoms with van der Waals surface area (Å²) in [6, 6.07) is 5.62. The Kier molecular flexibility index (Phi) is 3.47. The van der Waals surface area contributed by atoms with Crippen molar-refractivity contribution in [3.8, 4) is 5.75 Å². The molecule has 2 N–H and O–H groups in total. The molecule has 6 heteroatoms. The van der Waals surface area contributed by atoms with E-state index < -0.39 is 12.0 Å². The summed E-state index contributed by atoms with van der Waals surface area (Å²) in [4.78, 5) is 24.0. The first-order chi connectivity index (χ1) is 8.58. The number of carbonyl (C=O) groups is 2. The Labute approximate surface area is 103 Å². The van der Waals surface area contributed by atoms with Crippen LogP contribution >= 0.6 is 0 Å². The Balaban J connectivity index is 2.29. The van der Waals surface area contributed by atoms with Crippen LogP contribution in [0.25, 0.3) is 0 Å². The first-order valence-electron chi connectivity index (χ1n) is 5.48. The minimum atomic E-state index is -0.997. The summed E-state index contributed by atoms with van der Waals surface area (Å²) in [5.74, 6) is -1.28. The number of carboxylic acids is 1. The molecule has 1 aromatic rings. The highest BCUT2D eigenvalue weighted by Gasteiger charge is 2.31. The van der Waals surface area contributed by atoms with E-state index in [2.05, 4.69) is 0 Å². The maximum atomic E-state index is 11.8. The number of nitrogens with zero attached hydrogens (tertiary/aromatic N) is 1. The largest absolute Gasteiger partial charge is 0.508 e. The van der Waals surface area contributed by atoms with E-state index >= 15 is 0 Å². The summed E-state index contributed by atoms with van der Waals surface area (Å²) in [5.41, 5.74) is 0.481. The predicted octanol–water partition coefficient (Wildman–Crippen LogP) is 0.599. The predicted molar refractivity (Wildman–Crippen MR) is 62.5 cm³/mol. The molecule has 0 aromatic heterocycles. The molecule has 0 saturated carbocycles. The van der Waals surface area contributed by atoms with Crippen molar-refractivity contribution in [3.05, 3.63) is 24.3 Å². The summed E-state index contributed by atoms with van der Waals surface area (Å²) in [5, 5.41) is 18.2. The number of phenols is 1. The molecular weight excluding hydrogens is 238 g/mol. The molecule has 0 radical (unpaired) electrons. The summed E-state index contributed by atoms with van der Waals surface area (Å²) >= 11 is 0. The fourth-order valence-electron chi connectivity index (χ4n) is 1.98. The lowest BCUT2D eigenvalue weighted by Gasteiger charge is -2.34. The van der Waals surface area contributed by atoms with Crippen LogP contribution in [0.4, 0.5) is 5.69 Å². The van der Waals surface area contributed by atoms with Crippen LogP contribution in [0.15, 0.2) is 24.3 Å². The first-order valence-corrected chi connectivity index (χ1v) is 5.48. The fraction of sp³-hybridized carbons (Fsp3) is 0.333. The van der Waals surface area contributed by atoms with Crippen LogP contribution in [0.5, 0.6) is 5.75 Å². The average molecular weight is 251 g/mol. The van der Waals surface area contributed by atoms with E-state index in [1.807, 2.05) is 0 Å². The Bertz CT molecular complexity index is 473. The van der Waals surface area contributed by atoms with Gasteiger partial charge in [-0.25, -0.2) is 0 Å². The monoisotopic (exact) mass is 251 g/mol. The maximum absolute atomic E-state index is 11.8. The minimum absolute atomic E-state index is 0.0286. The van der Waals surface area contributed by atoms with Crippen molar-refractivity contribution < 1.29 is 24.5 Å². The number of carbonyl (C=O) groups excluding carboxylic acids is 1. The smallest absolute Gasteiger partial charge is 0.305 e. The van der Waals surface area contributed by atoms with Crippen molar-refractivity contribution in [2.24, 2.45) is 0 Å². The third-order valence-electron chi connectivity index (χ3n) is 2.69. The molecule has 18 heavy (non-hydrogen) atoms. The second-order valence-corrected chi connectivity index (χ2v) is 4.05. The van der Waals surface area contributed by atoms with Crippen LogP contribution in [-0.4, -0.2) is 41.3 Å². The van der Waals surface area contributed by atoms with E-state index in [1.54, 1.807) is 12.1 Å². The maximum Gasteiger partial charge on any atom is 0.305 e. The van der Waals surface area contributed by atoms with E-state index in [4.69, 9.17) is 9.84 Å². The molecule has 1 saturated heterocycles. The van der Waals surface area contributed by atoms with Crippen molar-refractivity contribution in [3.63, 3.8) is 0 Å². The third-order valence-corrected chi connectivity index (χ3v) is 2.69. The highest BCUT2D eigenvalue weighted by atomic mass is 16.5. The van der Waals surface area contributed by atoms with Gasteiger partial charge in [-0.3, -0.25) is 9.59 Å². The third kappa shape index (κ3) is 2.60. The average Bonchev–Trinajstić information content (AvgIpc) is 2.28. The van der Waals surface area contributed by atoms with Gasteiger partial charge in [0.25, 0.3) is 5.91 Å². The second kappa shape index (κ2) is 5.05. The molecule has 0 bridgehead atoms. The lowest BCUT2D eigenvalue weighted by Crippen LogP contribution is -2.50. The van der Waals surface area contributed by atoms with Gasteiger partial charge in [0, 0.05) is 11.8 Å². The molecule has 1 amide bonds. The van der Waals surface area contributed by atoms with Crippen molar-refractivity contribution >= 4 is 17.6 Å². The standard InChI is InChI=1S/C12H13NO5/c14-10-3-1-2-8(4-10)13-9(5-12(16)17)6-18-7-11(13)15/h1-4,9,14H,5-7H2,(H,16,17). The minimum Gasteiger partial charge on any atom is -0.508 e. The van der Waals surface area contributed by atoms with Gasteiger partial charge < -0.3 is 19.8 Å². The highest BCUT2D eigenvalue weighted by Crippen LogP contribution is 2.25. The van der Waals surface area contributed by atoms with Crippen LogP contribution in [-0.2, 0) is 14.3 Å². The zero-order valence-corrected chi connectivity index (χ0v) is 9.57. The van der Waals surface area contributed by atoms with Crippen molar-refractivity contribution in [1.82, 2.24) is 0 Å². The molecule has 1 unspecified atom stereocenters. The molecule has 1 heterocycles. The van der Waals surface area contributed by atoms with E-state index in [-0.39, 0.29) is 31.3 Å². The van der Waals surface area contributed by atoms with E-state index in [9.17, 15) is 14.7 Å². The lowest BCUT2D eigenvalue weighted by atomic mass is 10.1. The molecule has 1 aromatic carbocycles. The number of hydrogen-bond donors (Lipinski definition) is 2. The Morgan fingerprint density at radius 1 is 1.50 bits per heavy atom. The second-order valence-electron chi connectivity index (χ2n) is 4.05. The Morgan fingerprint density at radius 3 is 2.94 bits per heavy atom. The van der Waals surface area contributed by atoms with E-state index in [0.717, 1.165) is 0 Å². The number of rotatable bonds is 3. The van der Waals surface area contributed by atoms with Gasteiger partial charge in [0.2, 0.25) is 0 Å². The highest BCUT2D eigenvalue weighted by molar-refractivity contribution is 5.96. The molecular formula is C12H13NO5. The van der Waals surface area contributed by atoms with Crippen molar-refractivity contribution in [1.29, 1.82) is 0 Å². The van der Waals surface area contributed by atoms with Crippen LogP contribution in [0.1, 0.15) is 6.42 Å². The van der Waals surface area contributed by atoms with E-state index in [1.165, 1.54) is 17.0 Å². The molecule has 0 spiro atoms. The van der Waals surface area contributed by atoms with Crippen LogP contribution in [0.2, 0.25) is 0 Å². The topological polar surface area (TPSA) is 87.1 Å². The number of phenolic OH excluding ortho intramolecular Hbond substituents is 1. The van der Waals surface area contributed by atoms with Crippen molar-refractivity contribution in [2.45, 2.75) is 12.5 Å². The SMILES string of the molecule is O=C(O)CC1COCC(=O)N1c1cccc(O)c1. The molecule has 2 rings (SSSR count). The van der Waals surface area contributed by atoms with Gasteiger partial charge in [-0.05, 0) is 12.1 Å². The van der Waals surface area contributed by atoms with Crippen molar-refractivity contribution in [2.75, 3.05) is 18.1 Å². The van der Waals surface area contributed by atoms with Crippen LogP contribution < -0.4 is 4.90 Å². The van der Waals surface area contributed by atoms with Crippen LogP contribution in [0, 0.1) is 0 Å². The van der Waals surface area contributed by atoms with Gasteiger partial charge in [0.05, 0.1) is 19.1 Å². The van der Waals surface area contributed by atoms with Gasteiger partial charge in [-0.15, -0.1) is 0 Å². The molecule has 1 atom stereocenters. The van der Waals surface area contributed by atoms with E-state index in [0.29, 0.717) is 5.69 Å². The summed E-state index contributed by atoms with van der Waals surface area (Å²) in [6.07, 6.45) is -0.193. The summed E-state index contributed by atoms with van der Waals surface area (Å²) in [6.45, 7) is 0.0967. The number of hydrogen-bond acceptors (Lipinski definition) is 4. The number of benzene rings is 1. The molecule has 1 aliphatic rings. The molecule has 1 aliphatic heterocycles. The van der Waals surface area contributed by atoms with Crippen LogP contribution in [0.3, 0.4) is 0 Å². The van der Waals surface area contributed by atoms with Gasteiger partial charge in [-0.2, -0.15) is 0 Å². The normalized spacial score (nSPS) is 19.9. The lowest BCUT2D eigenvalue weighted by molar-refractivity contribution is -0.138. The van der Waals surface area contributed by atoms with Gasteiger partial charge in [0.15, 0.2) is 0 Å². The summed E-state index contributed by atoms with van der Waals surface area (Å²) < 4.78 is 5.06. The van der Waals surface area contributed by atoms with Gasteiger partial charge >= 0.3 is 5.97 Å².